The summed E-state index contributed by atoms with van der Waals surface area (Å²) in [5, 5.41) is 24.0. The molecule has 0 bridgehead atoms. The van der Waals surface area contributed by atoms with Crippen LogP contribution in [-0.2, 0) is 9.59 Å². The van der Waals surface area contributed by atoms with Crippen LogP contribution in [-0.4, -0.2) is 34.4 Å². The zero-order chi connectivity index (χ0) is 19.8. The van der Waals surface area contributed by atoms with Crippen molar-refractivity contribution in [3.05, 3.63) is 81.5 Å². The highest BCUT2D eigenvalue weighted by molar-refractivity contribution is 6.05. The minimum absolute atomic E-state index is 0.127. The van der Waals surface area contributed by atoms with E-state index in [9.17, 15) is 24.5 Å². The summed E-state index contributed by atoms with van der Waals surface area (Å²) in [4.78, 5) is 45.3. The summed E-state index contributed by atoms with van der Waals surface area (Å²) in [6.45, 7) is -0.627. The van der Waals surface area contributed by atoms with E-state index < -0.39 is 29.3 Å². The standard InChI is InChI=1S/C18H15N3O6/c22-16(23)11-19-18(25)15(20-17(24)13-4-2-1-3-5-13)10-12-6-8-14(9-7-12)21(26)27/h1-10H,11H2,(H,19,25)(H,20,24)(H,22,23). The van der Waals surface area contributed by atoms with Crippen LogP contribution in [0.5, 0.6) is 0 Å². The Balaban J connectivity index is 2.27. The number of rotatable bonds is 7. The molecular formula is C18H15N3O6. The molecule has 2 rings (SSSR count). The van der Waals surface area contributed by atoms with Gasteiger partial charge in [0.05, 0.1) is 4.92 Å². The van der Waals surface area contributed by atoms with Crippen molar-refractivity contribution in [2.24, 2.45) is 0 Å². The molecule has 0 aromatic heterocycles. The fraction of sp³-hybridized carbons (Fsp3) is 0.0556. The van der Waals surface area contributed by atoms with E-state index in [4.69, 9.17) is 5.11 Å². The maximum Gasteiger partial charge on any atom is 0.322 e. The average molecular weight is 369 g/mol. The minimum atomic E-state index is -1.24. The molecule has 2 aromatic carbocycles. The molecule has 9 heteroatoms. The number of nitro benzene ring substituents is 1. The van der Waals surface area contributed by atoms with Gasteiger partial charge >= 0.3 is 5.97 Å². The van der Waals surface area contributed by atoms with Crippen LogP contribution < -0.4 is 10.6 Å². The van der Waals surface area contributed by atoms with Gasteiger partial charge in [-0.3, -0.25) is 24.5 Å². The number of non-ortho nitro benzene ring substituents is 1. The summed E-state index contributed by atoms with van der Waals surface area (Å²) >= 11 is 0. The SMILES string of the molecule is O=C(O)CNC(=O)C(=Cc1ccc([N+](=O)[O-])cc1)NC(=O)c1ccccc1. The van der Waals surface area contributed by atoms with Crippen LogP contribution in [0.4, 0.5) is 5.69 Å². The zero-order valence-electron chi connectivity index (χ0n) is 13.9. The van der Waals surface area contributed by atoms with Gasteiger partial charge in [0.15, 0.2) is 0 Å². The molecule has 27 heavy (non-hydrogen) atoms. The van der Waals surface area contributed by atoms with Crippen LogP contribution in [0.2, 0.25) is 0 Å². The molecule has 2 aromatic rings. The molecule has 0 spiro atoms. The fourth-order valence-electron chi connectivity index (χ4n) is 2.05. The molecular weight excluding hydrogens is 354 g/mol. The van der Waals surface area contributed by atoms with Gasteiger partial charge in [-0.05, 0) is 35.9 Å². The Morgan fingerprint density at radius 1 is 1.04 bits per heavy atom. The van der Waals surface area contributed by atoms with E-state index in [2.05, 4.69) is 10.6 Å². The van der Waals surface area contributed by atoms with Crippen molar-refractivity contribution in [2.45, 2.75) is 0 Å². The molecule has 138 valence electrons. The molecule has 0 saturated carbocycles. The highest BCUT2D eigenvalue weighted by atomic mass is 16.6. The van der Waals surface area contributed by atoms with Crippen LogP contribution in [0.1, 0.15) is 15.9 Å². The number of carboxylic acid groups (broad SMARTS) is 1. The van der Waals surface area contributed by atoms with Gasteiger partial charge < -0.3 is 15.7 Å². The second kappa shape index (κ2) is 8.90. The Kier molecular flexibility index (Phi) is 6.37. The van der Waals surface area contributed by atoms with E-state index in [-0.39, 0.29) is 11.4 Å². The molecule has 0 saturated heterocycles. The quantitative estimate of drug-likeness (QED) is 0.385. The molecule has 0 fully saturated rings. The highest BCUT2D eigenvalue weighted by Gasteiger charge is 2.15. The Labute approximate surface area is 153 Å². The summed E-state index contributed by atoms with van der Waals surface area (Å²) < 4.78 is 0. The van der Waals surface area contributed by atoms with Crippen molar-refractivity contribution in [1.29, 1.82) is 0 Å². The number of hydrogen-bond acceptors (Lipinski definition) is 5. The lowest BCUT2D eigenvalue weighted by Gasteiger charge is -2.10. The summed E-state index contributed by atoms with van der Waals surface area (Å²) in [5.74, 6) is -2.61. The second-order valence-corrected chi connectivity index (χ2v) is 5.30. The van der Waals surface area contributed by atoms with Gasteiger partial charge in [0.2, 0.25) is 0 Å². The van der Waals surface area contributed by atoms with E-state index >= 15 is 0 Å². The molecule has 2 amide bonds. The molecule has 0 atom stereocenters. The third-order valence-electron chi connectivity index (χ3n) is 3.34. The predicted octanol–water partition coefficient (Wildman–Crippen LogP) is 1.57. The number of hydrogen-bond donors (Lipinski definition) is 3. The number of carbonyl (C=O) groups is 3. The lowest BCUT2D eigenvalue weighted by molar-refractivity contribution is -0.384. The number of nitrogens with one attached hydrogen (secondary N) is 2. The third-order valence-corrected chi connectivity index (χ3v) is 3.34. The zero-order valence-corrected chi connectivity index (χ0v) is 13.9. The van der Waals surface area contributed by atoms with Gasteiger partial charge in [0.1, 0.15) is 12.2 Å². The van der Waals surface area contributed by atoms with Crippen LogP contribution in [0.15, 0.2) is 60.3 Å². The third kappa shape index (κ3) is 5.78. The number of benzene rings is 2. The van der Waals surface area contributed by atoms with Crippen LogP contribution in [0.3, 0.4) is 0 Å². The molecule has 0 aliphatic carbocycles. The molecule has 9 nitrogen and oxygen atoms in total. The summed E-state index contributed by atoms with van der Waals surface area (Å²) in [7, 11) is 0. The first kappa shape index (κ1) is 19.3. The topological polar surface area (TPSA) is 139 Å². The van der Waals surface area contributed by atoms with Crippen molar-refractivity contribution in [1.82, 2.24) is 10.6 Å². The molecule has 0 heterocycles. The van der Waals surface area contributed by atoms with Gasteiger partial charge in [-0.2, -0.15) is 0 Å². The predicted molar refractivity (Wildman–Crippen MR) is 95.6 cm³/mol. The van der Waals surface area contributed by atoms with Crippen molar-refractivity contribution in [3.8, 4) is 0 Å². The summed E-state index contributed by atoms with van der Waals surface area (Å²) in [6, 6.07) is 13.4. The Bertz CT molecular complexity index is 891. The maximum absolute atomic E-state index is 12.3. The molecule has 0 unspecified atom stereocenters. The minimum Gasteiger partial charge on any atom is -0.480 e. The average Bonchev–Trinajstić information content (AvgIpc) is 2.66. The van der Waals surface area contributed by atoms with Gasteiger partial charge in [0, 0.05) is 17.7 Å². The van der Waals surface area contributed by atoms with Crippen LogP contribution >= 0.6 is 0 Å². The lowest BCUT2D eigenvalue weighted by atomic mass is 10.1. The van der Waals surface area contributed by atoms with Crippen LogP contribution in [0, 0.1) is 10.1 Å². The first-order valence-electron chi connectivity index (χ1n) is 7.69. The van der Waals surface area contributed by atoms with Gasteiger partial charge in [0.25, 0.3) is 17.5 Å². The number of amides is 2. The maximum atomic E-state index is 12.3. The second-order valence-electron chi connectivity index (χ2n) is 5.30. The molecule has 0 radical (unpaired) electrons. The molecule has 0 aliphatic rings. The summed E-state index contributed by atoms with van der Waals surface area (Å²) in [5.41, 5.74) is 0.392. The first-order chi connectivity index (χ1) is 12.9. The number of nitro groups is 1. The molecule has 0 aliphatic heterocycles. The van der Waals surface area contributed by atoms with Crippen molar-refractivity contribution < 1.29 is 24.4 Å². The Morgan fingerprint density at radius 3 is 2.22 bits per heavy atom. The Morgan fingerprint density at radius 2 is 1.67 bits per heavy atom. The normalized spacial score (nSPS) is 10.7. The molecule has 3 N–H and O–H groups in total. The van der Waals surface area contributed by atoms with Crippen LogP contribution in [0.25, 0.3) is 6.08 Å². The van der Waals surface area contributed by atoms with E-state index in [1.165, 1.54) is 30.3 Å². The van der Waals surface area contributed by atoms with Crippen molar-refractivity contribution in [3.63, 3.8) is 0 Å². The number of carbonyl (C=O) groups excluding carboxylic acids is 2. The number of aliphatic carboxylic acids is 1. The highest BCUT2D eigenvalue weighted by Crippen LogP contribution is 2.14. The fourth-order valence-corrected chi connectivity index (χ4v) is 2.05. The number of carboxylic acids is 1. The lowest BCUT2D eigenvalue weighted by Crippen LogP contribution is -2.37. The Hall–Kier alpha value is -4.01. The van der Waals surface area contributed by atoms with E-state index in [1.807, 2.05) is 0 Å². The number of nitrogens with zero attached hydrogens (tertiary/aromatic N) is 1. The van der Waals surface area contributed by atoms with E-state index in [0.29, 0.717) is 11.1 Å². The summed E-state index contributed by atoms with van der Waals surface area (Å²) in [6.07, 6.45) is 1.29. The first-order valence-corrected chi connectivity index (χ1v) is 7.69. The smallest absolute Gasteiger partial charge is 0.322 e. The van der Waals surface area contributed by atoms with Gasteiger partial charge in [-0.1, -0.05) is 18.2 Å². The van der Waals surface area contributed by atoms with Gasteiger partial charge in [-0.15, -0.1) is 0 Å². The van der Waals surface area contributed by atoms with E-state index in [1.54, 1.807) is 30.3 Å². The van der Waals surface area contributed by atoms with E-state index in [0.717, 1.165) is 0 Å². The monoisotopic (exact) mass is 369 g/mol. The van der Waals surface area contributed by atoms with Gasteiger partial charge in [-0.25, -0.2) is 0 Å². The van der Waals surface area contributed by atoms with Crippen molar-refractivity contribution >= 4 is 29.5 Å². The largest absolute Gasteiger partial charge is 0.480 e. The van der Waals surface area contributed by atoms with Crippen molar-refractivity contribution in [2.75, 3.05) is 6.54 Å².